The predicted molar refractivity (Wildman–Crippen MR) is 189 cm³/mol. The molecule has 1 aliphatic carbocycles. The lowest BCUT2D eigenvalue weighted by atomic mass is 9.64. The van der Waals surface area contributed by atoms with E-state index >= 15 is 0 Å². The molecule has 0 amide bonds. The van der Waals surface area contributed by atoms with E-state index in [4.69, 9.17) is 19.7 Å². The second kappa shape index (κ2) is 11.3. The van der Waals surface area contributed by atoms with Crippen LogP contribution in [0.3, 0.4) is 0 Å². The summed E-state index contributed by atoms with van der Waals surface area (Å²) >= 11 is 0. The second-order valence-electron chi connectivity index (χ2n) is 12.7. The number of hydrogen-bond donors (Lipinski definition) is 0. The van der Waals surface area contributed by atoms with Crippen molar-refractivity contribution in [3.63, 3.8) is 0 Å². The molecule has 1 spiro atoms. The van der Waals surface area contributed by atoms with Gasteiger partial charge in [0.05, 0.1) is 0 Å². The van der Waals surface area contributed by atoms with Crippen LogP contribution in [0.5, 0.6) is 11.5 Å². The molecule has 1 aliphatic heterocycles. The molecule has 2 aliphatic rings. The first kappa shape index (κ1) is 27.7. The summed E-state index contributed by atoms with van der Waals surface area (Å²) in [6.45, 7) is 0. The Morgan fingerprint density at radius 3 is 1.85 bits per heavy atom. The lowest BCUT2D eigenvalue weighted by Gasteiger charge is -2.43. The van der Waals surface area contributed by atoms with Crippen molar-refractivity contribution in [3.05, 3.63) is 151 Å². The Bertz CT molecular complexity index is 2250. The first-order valence-corrected chi connectivity index (χ1v) is 16.6. The number of aromatic nitrogens is 3. The fourth-order valence-electron chi connectivity index (χ4n) is 7.67. The Hall–Kier alpha value is -5.61. The summed E-state index contributed by atoms with van der Waals surface area (Å²) in [5.74, 6) is 3.91. The molecule has 2 heterocycles. The van der Waals surface area contributed by atoms with E-state index < -0.39 is 0 Å². The van der Waals surface area contributed by atoms with E-state index in [1.165, 1.54) is 46.7 Å². The van der Waals surface area contributed by atoms with Gasteiger partial charge in [-0.15, -0.1) is 0 Å². The molecule has 0 radical (unpaired) electrons. The summed E-state index contributed by atoms with van der Waals surface area (Å²) in [5, 5.41) is 2.48. The van der Waals surface area contributed by atoms with Gasteiger partial charge in [0.1, 0.15) is 11.5 Å². The summed E-state index contributed by atoms with van der Waals surface area (Å²) in [6, 6.07) is 48.8. The minimum atomic E-state index is -0.0615. The molecule has 0 unspecified atom stereocenters. The maximum Gasteiger partial charge on any atom is 0.164 e. The Morgan fingerprint density at radius 2 is 1.04 bits per heavy atom. The first-order valence-electron chi connectivity index (χ1n) is 16.6. The van der Waals surface area contributed by atoms with Gasteiger partial charge in [-0.3, -0.25) is 0 Å². The van der Waals surface area contributed by atoms with Gasteiger partial charge in [-0.1, -0.05) is 135 Å². The smallest absolute Gasteiger partial charge is 0.164 e. The minimum Gasteiger partial charge on any atom is -0.457 e. The number of rotatable bonds is 4. The molecule has 7 aromatic rings. The third-order valence-electron chi connectivity index (χ3n) is 9.99. The van der Waals surface area contributed by atoms with Crippen molar-refractivity contribution in [2.75, 3.05) is 0 Å². The zero-order chi connectivity index (χ0) is 31.2. The number of para-hydroxylation sites is 1. The topological polar surface area (TPSA) is 47.9 Å². The normalized spacial score (nSPS) is 14.7. The van der Waals surface area contributed by atoms with Gasteiger partial charge in [0, 0.05) is 33.2 Å². The fourth-order valence-corrected chi connectivity index (χ4v) is 7.67. The van der Waals surface area contributed by atoms with E-state index in [1.54, 1.807) is 0 Å². The van der Waals surface area contributed by atoms with Crippen LogP contribution in [0.4, 0.5) is 0 Å². The summed E-state index contributed by atoms with van der Waals surface area (Å²) in [7, 11) is 0. The maximum atomic E-state index is 6.50. The van der Waals surface area contributed by atoms with Gasteiger partial charge >= 0.3 is 0 Å². The van der Waals surface area contributed by atoms with Crippen LogP contribution in [0.2, 0.25) is 0 Å². The van der Waals surface area contributed by atoms with Gasteiger partial charge in [0.2, 0.25) is 0 Å². The van der Waals surface area contributed by atoms with Gasteiger partial charge in [0.25, 0.3) is 0 Å². The highest BCUT2D eigenvalue weighted by Gasteiger charge is 2.43. The summed E-state index contributed by atoms with van der Waals surface area (Å²) in [4.78, 5) is 15.2. The lowest BCUT2D eigenvalue weighted by molar-refractivity contribution is 0.306. The molecule has 0 N–H and O–H groups in total. The van der Waals surface area contributed by atoms with Crippen molar-refractivity contribution >= 4 is 10.8 Å². The molecule has 4 heteroatoms. The third-order valence-corrected chi connectivity index (χ3v) is 9.99. The van der Waals surface area contributed by atoms with Gasteiger partial charge in [-0.25, -0.2) is 15.0 Å². The Morgan fingerprint density at radius 1 is 0.447 bits per heavy atom. The molecule has 47 heavy (non-hydrogen) atoms. The molecule has 1 aromatic heterocycles. The van der Waals surface area contributed by atoms with E-state index in [-0.39, 0.29) is 5.41 Å². The highest BCUT2D eigenvalue weighted by molar-refractivity contribution is 5.96. The van der Waals surface area contributed by atoms with Gasteiger partial charge in [0.15, 0.2) is 17.5 Å². The number of hydrogen-bond acceptors (Lipinski definition) is 4. The maximum absolute atomic E-state index is 6.50. The molecule has 1 fully saturated rings. The number of nitrogens with zero attached hydrogens (tertiary/aromatic N) is 3. The van der Waals surface area contributed by atoms with Crippen molar-refractivity contribution in [1.29, 1.82) is 0 Å². The van der Waals surface area contributed by atoms with Gasteiger partial charge < -0.3 is 4.74 Å². The monoisotopic (exact) mass is 607 g/mol. The standard InChI is InChI=1S/C43H33N3O/c1-3-13-31(14-4-1)40-44-41(32-22-20-30(21-23-32)35-17-11-15-29-12-5-6-16-34(29)35)46-42(45-40)33-24-25-39-37(28-33)43(26-9-2-10-27-43)36-18-7-8-19-38(36)47-39/h1,3-8,11-25,28H,2,9-10,26-27H2. The molecular formula is C43H33N3O. The van der Waals surface area contributed by atoms with E-state index in [9.17, 15) is 0 Å². The van der Waals surface area contributed by atoms with E-state index in [0.717, 1.165) is 46.6 Å². The predicted octanol–water partition coefficient (Wildman–Crippen LogP) is 11.0. The molecule has 0 saturated heterocycles. The highest BCUT2D eigenvalue weighted by Crippen LogP contribution is 2.55. The molecule has 0 bridgehead atoms. The molecule has 1 saturated carbocycles. The van der Waals surface area contributed by atoms with Crippen molar-refractivity contribution in [1.82, 2.24) is 15.0 Å². The molecule has 0 atom stereocenters. The number of fused-ring (bicyclic) bond motifs is 5. The van der Waals surface area contributed by atoms with E-state index in [2.05, 4.69) is 121 Å². The molecule has 226 valence electrons. The quantitative estimate of drug-likeness (QED) is 0.200. The summed E-state index contributed by atoms with van der Waals surface area (Å²) < 4.78 is 6.50. The Balaban J connectivity index is 1.16. The average molecular weight is 608 g/mol. The number of ether oxygens (including phenoxy) is 1. The van der Waals surface area contributed by atoms with Crippen LogP contribution in [0, 0.1) is 0 Å². The van der Waals surface area contributed by atoms with Crippen molar-refractivity contribution in [2.24, 2.45) is 0 Å². The van der Waals surface area contributed by atoms with Crippen LogP contribution in [0.25, 0.3) is 56.1 Å². The van der Waals surface area contributed by atoms with Crippen molar-refractivity contribution < 1.29 is 4.74 Å². The van der Waals surface area contributed by atoms with Gasteiger partial charge in [-0.2, -0.15) is 0 Å². The van der Waals surface area contributed by atoms with Crippen LogP contribution >= 0.6 is 0 Å². The van der Waals surface area contributed by atoms with Crippen LogP contribution in [-0.4, -0.2) is 15.0 Å². The van der Waals surface area contributed by atoms with Gasteiger partial charge in [-0.05, 0) is 59.0 Å². The van der Waals surface area contributed by atoms with Crippen LogP contribution in [0.1, 0.15) is 43.2 Å². The van der Waals surface area contributed by atoms with Crippen LogP contribution in [0.15, 0.2) is 140 Å². The van der Waals surface area contributed by atoms with E-state index in [0.29, 0.717) is 17.5 Å². The zero-order valence-corrected chi connectivity index (χ0v) is 26.1. The number of benzene rings is 6. The largest absolute Gasteiger partial charge is 0.457 e. The van der Waals surface area contributed by atoms with Crippen LogP contribution < -0.4 is 4.74 Å². The minimum absolute atomic E-state index is 0.0615. The zero-order valence-electron chi connectivity index (χ0n) is 26.1. The highest BCUT2D eigenvalue weighted by atomic mass is 16.5. The Labute approximate surface area is 274 Å². The SMILES string of the molecule is c1ccc(-c2nc(-c3ccc(-c4cccc5ccccc45)cc3)nc(-c3ccc4c(c3)C3(CCCCC3)c3ccccc3O4)n2)cc1. The fraction of sp³-hybridized carbons (Fsp3) is 0.140. The average Bonchev–Trinajstić information content (AvgIpc) is 3.15. The molecule has 6 aromatic carbocycles. The van der Waals surface area contributed by atoms with E-state index in [1.807, 2.05) is 18.2 Å². The van der Waals surface area contributed by atoms with Crippen LogP contribution in [-0.2, 0) is 5.41 Å². The summed E-state index contributed by atoms with van der Waals surface area (Å²) in [5.41, 5.74) is 7.75. The lowest BCUT2D eigenvalue weighted by Crippen LogP contribution is -2.33. The summed E-state index contributed by atoms with van der Waals surface area (Å²) in [6.07, 6.45) is 5.92. The van der Waals surface area contributed by atoms with Crippen molar-refractivity contribution in [3.8, 4) is 56.8 Å². The third kappa shape index (κ3) is 4.80. The van der Waals surface area contributed by atoms with Crippen molar-refractivity contribution in [2.45, 2.75) is 37.5 Å². The molecule has 4 nitrogen and oxygen atoms in total. The molecule has 9 rings (SSSR count). The second-order valence-corrected chi connectivity index (χ2v) is 12.7. The molecular weight excluding hydrogens is 574 g/mol. The Kier molecular flexibility index (Phi) is 6.67. The first-order chi connectivity index (χ1) is 23.2.